The lowest BCUT2D eigenvalue weighted by Gasteiger charge is -2.21. The molecule has 0 bridgehead atoms. The SMILES string of the molecule is Cc1[nH]nc2ncc(Oc3c(Cl)cc(N4N=C(C#N)C(=O)CC4=O)cc3Cl)cc12. The Labute approximate surface area is 173 Å². The zero-order valence-electron chi connectivity index (χ0n) is 14.7. The number of carbonyl (C=O) groups is 2. The van der Waals surface area contributed by atoms with Gasteiger partial charge in [0.05, 0.1) is 28.4 Å². The van der Waals surface area contributed by atoms with E-state index in [4.69, 9.17) is 33.2 Å². The fourth-order valence-corrected chi connectivity index (χ4v) is 3.29. The molecule has 29 heavy (non-hydrogen) atoms. The summed E-state index contributed by atoms with van der Waals surface area (Å²) in [5.74, 6) is -0.685. The van der Waals surface area contributed by atoms with E-state index in [1.165, 1.54) is 18.3 Å². The Balaban J connectivity index is 1.69. The number of nitriles is 1. The molecular weight excluding hydrogens is 419 g/mol. The van der Waals surface area contributed by atoms with Gasteiger partial charge in [-0.15, -0.1) is 0 Å². The molecule has 2 aromatic heterocycles. The smallest absolute Gasteiger partial charge is 0.255 e. The molecular formula is C18H10Cl2N6O3. The molecule has 0 radical (unpaired) electrons. The van der Waals surface area contributed by atoms with Crippen LogP contribution in [0.25, 0.3) is 11.0 Å². The summed E-state index contributed by atoms with van der Waals surface area (Å²) in [6, 6.07) is 6.22. The summed E-state index contributed by atoms with van der Waals surface area (Å²) in [4.78, 5) is 28.0. The zero-order valence-corrected chi connectivity index (χ0v) is 16.2. The van der Waals surface area contributed by atoms with Gasteiger partial charge in [0.25, 0.3) is 5.91 Å². The van der Waals surface area contributed by atoms with Gasteiger partial charge >= 0.3 is 0 Å². The Morgan fingerprint density at radius 2 is 1.97 bits per heavy atom. The highest BCUT2D eigenvalue weighted by Gasteiger charge is 2.29. The molecule has 0 saturated heterocycles. The van der Waals surface area contributed by atoms with Crippen molar-refractivity contribution in [1.82, 2.24) is 15.2 Å². The number of aryl methyl sites for hydroxylation is 1. The first-order valence-electron chi connectivity index (χ1n) is 8.20. The highest BCUT2D eigenvalue weighted by molar-refractivity contribution is 6.50. The van der Waals surface area contributed by atoms with E-state index < -0.39 is 18.1 Å². The number of hydrazone groups is 1. The van der Waals surface area contributed by atoms with E-state index in [1.807, 2.05) is 6.92 Å². The average molecular weight is 429 g/mol. The number of ketones is 1. The number of Topliss-reactive ketones (excluding diaryl/α,β-unsaturated/α-hetero) is 1. The number of amides is 1. The lowest BCUT2D eigenvalue weighted by molar-refractivity contribution is -0.124. The van der Waals surface area contributed by atoms with E-state index in [-0.39, 0.29) is 27.2 Å². The minimum absolute atomic E-state index is 0.106. The van der Waals surface area contributed by atoms with Crippen molar-refractivity contribution in [3.8, 4) is 17.6 Å². The summed E-state index contributed by atoms with van der Waals surface area (Å²) in [5, 5.41) is 21.6. The Kier molecular flexibility index (Phi) is 4.66. The number of carbonyl (C=O) groups excluding carboxylic acids is 2. The molecule has 9 nitrogen and oxygen atoms in total. The van der Waals surface area contributed by atoms with E-state index in [0.29, 0.717) is 11.4 Å². The van der Waals surface area contributed by atoms with Gasteiger partial charge in [0.2, 0.25) is 11.5 Å². The van der Waals surface area contributed by atoms with Gasteiger partial charge < -0.3 is 4.74 Å². The topological polar surface area (TPSA) is 124 Å². The van der Waals surface area contributed by atoms with Gasteiger partial charge in [-0.05, 0) is 25.1 Å². The highest BCUT2D eigenvalue weighted by Crippen LogP contribution is 2.40. The van der Waals surface area contributed by atoms with Crippen molar-refractivity contribution in [3.63, 3.8) is 0 Å². The molecule has 144 valence electrons. The number of pyridine rings is 1. The molecule has 1 N–H and O–H groups in total. The van der Waals surface area contributed by atoms with Crippen LogP contribution in [0.3, 0.4) is 0 Å². The molecule has 3 aromatic rings. The summed E-state index contributed by atoms with van der Waals surface area (Å²) in [6.45, 7) is 1.85. The van der Waals surface area contributed by atoms with Gasteiger partial charge in [0.15, 0.2) is 11.4 Å². The molecule has 0 spiro atoms. The second kappa shape index (κ2) is 7.16. The first kappa shape index (κ1) is 18.9. The lowest BCUT2D eigenvalue weighted by atomic mass is 10.1. The number of fused-ring (bicyclic) bond motifs is 1. The maximum Gasteiger partial charge on any atom is 0.255 e. The third kappa shape index (κ3) is 3.40. The summed E-state index contributed by atoms with van der Waals surface area (Å²) in [5.41, 5.74) is 1.21. The molecule has 1 aliphatic heterocycles. The van der Waals surface area contributed by atoms with Crippen LogP contribution < -0.4 is 9.75 Å². The molecule has 0 atom stereocenters. The standard InChI is InChI=1S/C18H10Cl2N6O3/c1-8-11-4-10(7-22-18(11)24-23-8)29-17-12(19)2-9(3-13(17)20)26-16(28)5-15(27)14(6-21)25-26/h2-4,7H,5H2,1H3,(H,22,23,24). The number of H-pyrrole nitrogens is 1. The zero-order chi connectivity index (χ0) is 20.7. The van der Waals surface area contributed by atoms with Gasteiger partial charge in [-0.25, -0.2) is 4.98 Å². The largest absolute Gasteiger partial charge is 0.453 e. The Morgan fingerprint density at radius 3 is 2.66 bits per heavy atom. The number of anilines is 1. The Hall–Kier alpha value is -3.48. The second-order valence-electron chi connectivity index (χ2n) is 6.10. The quantitative estimate of drug-likeness (QED) is 0.635. The predicted octanol–water partition coefficient (Wildman–Crippen LogP) is 3.55. The fourth-order valence-electron chi connectivity index (χ4n) is 2.73. The van der Waals surface area contributed by atoms with E-state index in [0.717, 1.165) is 16.1 Å². The minimum Gasteiger partial charge on any atom is -0.453 e. The van der Waals surface area contributed by atoms with Crippen LogP contribution in [0.2, 0.25) is 10.0 Å². The molecule has 1 amide bonds. The van der Waals surface area contributed by atoms with Crippen LogP contribution >= 0.6 is 23.2 Å². The van der Waals surface area contributed by atoms with Crippen LogP contribution in [0.1, 0.15) is 12.1 Å². The van der Waals surface area contributed by atoms with Crippen molar-refractivity contribution in [2.45, 2.75) is 13.3 Å². The maximum absolute atomic E-state index is 12.2. The normalized spacial score (nSPS) is 14.1. The second-order valence-corrected chi connectivity index (χ2v) is 6.91. The van der Waals surface area contributed by atoms with Crippen molar-refractivity contribution in [1.29, 1.82) is 5.26 Å². The monoisotopic (exact) mass is 428 g/mol. The molecule has 0 unspecified atom stereocenters. The van der Waals surface area contributed by atoms with E-state index in [2.05, 4.69) is 20.3 Å². The third-order valence-electron chi connectivity index (χ3n) is 4.14. The number of halogens is 2. The molecule has 11 heteroatoms. The van der Waals surface area contributed by atoms with Crippen molar-refractivity contribution in [2.24, 2.45) is 5.10 Å². The molecule has 0 saturated carbocycles. The highest BCUT2D eigenvalue weighted by atomic mass is 35.5. The van der Waals surface area contributed by atoms with Crippen molar-refractivity contribution in [3.05, 3.63) is 40.1 Å². The number of aromatic nitrogens is 3. The van der Waals surface area contributed by atoms with Crippen LogP contribution in [-0.2, 0) is 9.59 Å². The van der Waals surface area contributed by atoms with Crippen molar-refractivity contribution >= 4 is 57.3 Å². The predicted molar refractivity (Wildman–Crippen MR) is 105 cm³/mol. The third-order valence-corrected chi connectivity index (χ3v) is 4.70. The van der Waals surface area contributed by atoms with E-state index >= 15 is 0 Å². The number of aromatic amines is 1. The molecule has 0 aliphatic carbocycles. The Morgan fingerprint density at radius 1 is 1.24 bits per heavy atom. The van der Waals surface area contributed by atoms with Crippen LogP contribution in [0.15, 0.2) is 29.5 Å². The number of hydrogen-bond donors (Lipinski definition) is 1. The van der Waals surface area contributed by atoms with Crippen LogP contribution in [0, 0.1) is 18.3 Å². The molecule has 3 heterocycles. The number of hydrogen-bond acceptors (Lipinski definition) is 7. The van der Waals surface area contributed by atoms with Gasteiger partial charge in [0.1, 0.15) is 11.8 Å². The van der Waals surface area contributed by atoms with Crippen LogP contribution in [-0.4, -0.2) is 32.6 Å². The van der Waals surface area contributed by atoms with E-state index in [9.17, 15) is 9.59 Å². The lowest BCUT2D eigenvalue weighted by Crippen LogP contribution is -2.36. The number of ether oxygens (including phenoxy) is 1. The summed E-state index contributed by atoms with van der Waals surface area (Å²) < 4.78 is 5.79. The van der Waals surface area contributed by atoms with Gasteiger partial charge in [-0.1, -0.05) is 23.2 Å². The number of nitrogens with one attached hydrogen (secondary N) is 1. The van der Waals surface area contributed by atoms with Crippen molar-refractivity contribution < 1.29 is 14.3 Å². The van der Waals surface area contributed by atoms with Gasteiger partial charge in [-0.2, -0.15) is 20.5 Å². The fraction of sp³-hybridized carbons (Fsp3) is 0.111. The number of benzene rings is 1. The minimum atomic E-state index is -0.636. The molecule has 1 aliphatic rings. The number of nitrogens with zero attached hydrogens (tertiary/aromatic N) is 5. The first-order valence-corrected chi connectivity index (χ1v) is 8.95. The molecule has 4 rings (SSSR count). The average Bonchev–Trinajstić information content (AvgIpc) is 3.05. The first-order chi connectivity index (χ1) is 13.9. The number of rotatable bonds is 3. The molecule has 1 aromatic carbocycles. The van der Waals surface area contributed by atoms with Crippen LogP contribution in [0.4, 0.5) is 5.69 Å². The van der Waals surface area contributed by atoms with Crippen molar-refractivity contribution in [2.75, 3.05) is 5.01 Å². The summed E-state index contributed by atoms with van der Waals surface area (Å²) in [7, 11) is 0. The Bertz CT molecular complexity index is 1240. The van der Waals surface area contributed by atoms with E-state index in [1.54, 1.807) is 12.1 Å². The van der Waals surface area contributed by atoms with Gasteiger partial charge in [-0.3, -0.25) is 14.7 Å². The summed E-state index contributed by atoms with van der Waals surface area (Å²) in [6.07, 6.45) is 1.02. The summed E-state index contributed by atoms with van der Waals surface area (Å²) >= 11 is 12.6. The van der Waals surface area contributed by atoms with Crippen LogP contribution in [0.5, 0.6) is 11.5 Å². The molecule has 0 fully saturated rings. The van der Waals surface area contributed by atoms with Gasteiger partial charge in [0, 0.05) is 11.1 Å². The maximum atomic E-state index is 12.2.